The lowest BCUT2D eigenvalue weighted by molar-refractivity contribution is 0.0456. The zero-order chi connectivity index (χ0) is 17.1. The van der Waals surface area contributed by atoms with Crippen LogP contribution in [0.1, 0.15) is 16.2 Å². The topological polar surface area (TPSA) is 98.1 Å². The van der Waals surface area contributed by atoms with Crippen molar-refractivity contribution in [2.45, 2.75) is 6.61 Å². The van der Waals surface area contributed by atoms with Gasteiger partial charge in [0.25, 0.3) is 5.56 Å². The first-order valence-corrected chi connectivity index (χ1v) is 6.67. The minimum atomic E-state index is -0.799. The van der Waals surface area contributed by atoms with Gasteiger partial charge in [0.15, 0.2) is 11.5 Å². The maximum atomic E-state index is 13.7. The summed E-state index contributed by atoms with van der Waals surface area (Å²) in [4.78, 5) is 22.6. The summed E-state index contributed by atoms with van der Waals surface area (Å²) in [6.45, 7) is -0.244. The van der Waals surface area contributed by atoms with E-state index in [1.807, 2.05) is 0 Å². The van der Waals surface area contributed by atoms with Crippen LogP contribution >= 0.6 is 0 Å². The van der Waals surface area contributed by atoms with E-state index in [4.69, 9.17) is 9.26 Å². The number of H-pyrrole nitrogens is 1. The number of carbonyl (C=O) groups excluding carboxylic acids is 1. The van der Waals surface area contributed by atoms with Crippen molar-refractivity contribution >= 4 is 5.97 Å². The molecule has 0 atom stereocenters. The summed E-state index contributed by atoms with van der Waals surface area (Å²) in [5.74, 6) is -2.21. The molecule has 0 saturated carbocycles. The summed E-state index contributed by atoms with van der Waals surface area (Å²) in [5.41, 5.74) is -0.271. The van der Waals surface area contributed by atoms with Gasteiger partial charge in [0.1, 0.15) is 23.9 Å². The maximum absolute atomic E-state index is 13.7. The van der Waals surface area contributed by atoms with Gasteiger partial charge in [-0.3, -0.25) is 4.79 Å². The van der Waals surface area contributed by atoms with E-state index in [1.54, 1.807) is 0 Å². The number of aromatic amines is 1. The van der Waals surface area contributed by atoms with E-state index in [0.717, 1.165) is 18.2 Å². The second kappa shape index (κ2) is 6.41. The summed E-state index contributed by atoms with van der Waals surface area (Å²) in [6, 6.07) is 6.73. The number of nitrogens with zero attached hydrogens (tertiary/aromatic N) is 2. The molecule has 9 heteroatoms. The fraction of sp³-hybridized carbons (Fsp3) is 0.0667. The Labute approximate surface area is 132 Å². The van der Waals surface area contributed by atoms with Crippen LogP contribution in [0.2, 0.25) is 0 Å². The lowest BCUT2D eigenvalue weighted by atomic mass is 10.1. The molecule has 122 valence electrons. The number of halogens is 2. The summed E-state index contributed by atoms with van der Waals surface area (Å²) in [7, 11) is 0. The van der Waals surface area contributed by atoms with Crippen LogP contribution in [0.25, 0.3) is 11.3 Å². The average molecular weight is 333 g/mol. The van der Waals surface area contributed by atoms with Crippen molar-refractivity contribution in [2.75, 3.05) is 0 Å². The predicted molar refractivity (Wildman–Crippen MR) is 75.8 cm³/mol. The van der Waals surface area contributed by atoms with Gasteiger partial charge in [-0.2, -0.15) is 5.10 Å². The molecule has 1 aromatic carbocycles. The standard InChI is InChI=1S/C15H9F2N3O4/c16-8-1-2-10(11(17)5-8)13-6-9(20-24-13)7-23-15(22)12-3-4-14(21)19-18-12/h1-6H,7H2,(H,19,21). The van der Waals surface area contributed by atoms with Crippen LogP contribution in [0.5, 0.6) is 0 Å². The summed E-state index contributed by atoms with van der Waals surface area (Å²) in [6.07, 6.45) is 0. The third kappa shape index (κ3) is 3.35. The molecule has 0 spiro atoms. The zero-order valence-electron chi connectivity index (χ0n) is 12.0. The van der Waals surface area contributed by atoms with Crippen LogP contribution < -0.4 is 5.56 Å². The van der Waals surface area contributed by atoms with Gasteiger partial charge < -0.3 is 9.26 Å². The number of nitrogens with one attached hydrogen (secondary N) is 1. The molecular weight excluding hydrogens is 324 g/mol. The number of hydrogen-bond acceptors (Lipinski definition) is 6. The van der Waals surface area contributed by atoms with E-state index in [2.05, 4.69) is 15.4 Å². The number of ether oxygens (including phenoxy) is 1. The van der Waals surface area contributed by atoms with E-state index in [-0.39, 0.29) is 29.3 Å². The van der Waals surface area contributed by atoms with E-state index >= 15 is 0 Å². The number of benzene rings is 1. The summed E-state index contributed by atoms with van der Waals surface area (Å²) < 4.78 is 36.5. The van der Waals surface area contributed by atoms with E-state index in [1.165, 1.54) is 18.2 Å². The minimum Gasteiger partial charge on any atom is -0.454 e. The highest BCUT2D eigenvalue weighted by Gasteiger charge is 2.14. The van der Waals surface area contributed by atoms with Crippen molar-refractivity contribution in [3.63, 3.8) is 0 Å². The lowest BCUT2D eigenvalue weighted by Gasteiger charge is -2.00. The molecule has 2 aromatic heterocycles. The van der Waals surface area contributed by atoms with E-state index in [9.17, 15) is 18.4 Å². The van der Waals surface area contributed by atoms with Crippen molar-refractivity contribution in [1.82, 2.24) is 15.4 Å². The highest BCUT2D eigenvalue weighted by Crippen LogP contribution is 2.24. The van der Waals surface area contributed by atoms with E-state index < -0.39 is 23.2 Å². The SMILES string of the molecule is O=C(OCc1cc(-c2ccc(F)cc2F)on1)c1ccc(=O)[nH]n1. The van der Waals surface area contributed by atoms with E-state index in [0.29, 0.717) is 0 Å². The fourth-order valence-corrected chi connectivity index (χ4v) is 1.87. The van der Waals surface area contributed by atoms with Crippen LogP contribution in [0, 0.1) is 11.6 Å². The first kappa shape index (κ1) is 15.5. The number of hydrogen-bond donors (Lipinski definition) is 1. The third-order valence-corrected chi connectivity index (χ3v) is 2.99. The molecule has 0 saturated heterocycles. The van der Waals surface area contributed by atoms with Crippen molar-refractivity contribution in [3.05, 3.63) is 69.8 Å². The molecule has 3 rings (SSSR count). The highest BCUT2D eigenvalue weighted by atomic mass is 19.1. The van der Waals surface area contributed by atoms with Gasteiger partial charge in [-0.25, -0.2) is 18.7 Å². The quantitative estimate of drug-likeness (QED) is 0.734. The molecule has 3 aromatic rings. The number of rotatable bonds is 4. The number of aromatic nitrogens is 3. The third-order valence-electron chi connectivity index (χ3n) is 2.99. The lowest BCUT2D eigenvalue weighted by Crippen LogP contribution is -2.13. The molecule has 0 aliphatic rings. The molecule has 1 N–H and O–H groups in total. The van der Waals surface area contributed by atoms with Crippen LogP contribution in [-0.2, 0) is 11.3 Å². The average Bonchev–Trinajstić information content (AvgIpc) is 3.02. The van der Waals surface area contributed by atoms with Crippen molar-refractivity contribution in [1.29, 1.82) is 0 Å². The first-order chi connectivity index (χ1) is 11.5. The Morgan fingerprint density at radius 1 is 1.21 bits per heavy atom. The molecular formula is C15H9F2N3O4. The fourth-order valence-electron chi connectivity index (χ4n) is 1.87. The summed E-state index contributed by atoms with van der Waals surface area (Å²) >= 11 is 0. The molecule has 0 aliphatic carbocycles. The molecule has 24 heavy (non-hydrogen) atoms. The summed E-state index contributed by atoms with van der Waals surface area (Å²) in [5, 5.41) is 9.27. The van der Waals surface area contributed by atoms with Gasteiger partial charge in [-0.05, 0) is 18.2 Å². The van der Waals surface area contributed by atoms with Crippen LogP contribution in [-0.4, -0.2) is 21.3 Å². The molecule has 2 heterocycles. The Morgan fingerprint density at radius 3 is 2.75 bits per heavy atom. The monoisotopic (exact) mass is 333 g/mol. The molecule has 0 amide bonds. The largest absolute Gasteiger partial charge is 0.454 e. The Morgan fingerprint density at radius 2 is 2.04 bits per heavy atom. The van der Waals surface area contributed by atoms with Crippen molar-refractivity contribution in [2.24, 2.45) is 0 Å². The second-order valence-corrected chi connectivity index (χ2v) is 4.69. The molecule has 0 fully saturated rings. The van der Waals surface area contributed by atoms with Gasteiger partial charge in [-0.15, -0.1) is 0 Å². The second-order valence-electron chi connectivity index (χ2n) is 4.69. The van der Waals surface area contributed by atoms with Crippen LogP contribution in [0.4, 0.5) is 8.78 Å². The Bertz CT molecular complexity index is 931. The van der Waals surface area contributed by atoms with Gasteiger partial charge in [-0.1, -0.05) is 5.16 Å². The minimum absolute atomic E-state index is 0.0313. The normalized spacial score (nSPS) is 10.6. The molecule has 0 radical (unpaired) electrons. The number of esters is 1. The number of carbonyl (C=O) groups is 1. The maximum Gasteiger partial charge on any atom is 0.359 e. The Hall–Kier alpha value is -3.36. The van der Waals surface area contributed by atoms with Crippen LogP contribution in [0.3, 0.4) is 0 Å². The predicted octanol–water partition coefficient (Wildman–Crippen LogP) is 2.06. The van der Waals surface area contributed by atoms with Crippen molar-refractivity contribution < 1.29 is 22.8 Å². The van der Waals surface area contributed by atoms with Crippen LogP contribution in [0.15, 0.2) is 45.7 Å². The first-order valence-electron chi connectivity index (χ1n) is 6.67. The Kier molecular flexibility index (Phi) is 4.15. The van der Waals surface area contributed by atoms with Gasteiger partial charge in [0.2, 0.25) is 0 Å². The molecule has 0 unspecified atom stereocenters. The Balaban J connectivity index is 1.69. The molecule has 0 aliphatic heterocycles. The smallest absolute Gasteiger partial charge is 0.359 e. The molecule has 0 bridgehead atoms. The highest BCUT2D eigenvalue weighted by molar-refractivity contribution is 5.86. The van der Waals surface area contributed by atoms with Gasteiger partial charge >= 0.3 is 5.97 Å². The molecule has 7 nitrogen and oxygen atoms in total. The van der Waals surface area contributed by atoms with Gasteiger partial charge in [0, 0.05) is 18.2 Å². The zero-order valence-corrected chi connectivity index (χ0v) is 12.0. The van der Waals surface area contributed by atoms with Crippen molar-refractivity contribution in [3.8, 4) is 11.3 Å². The van der Waals surface area contributed by atoms with Gasteiger partial charge in [0.05, 0.1) is 5.56 Å².